The molecule has 1 aliphatic heterocycles. The van der Waals surface area contributed by atoms with Gasteiger partial charge in [0.05, 0.1) is 17.6 Å². The number of aliphatic hydroxyl groups is 1. The van der Waals surface area contributed by atoms with Gasteiger partial charge in [0.2, 0.25) is 5.91 Å². The molecule has 1 fully saturated rings. The summed E-state index contributed by atoms with van der Waals surface area (Å²) in [5.74, 6) is 0.840. The van der Waals surface area contributed by atoms with E-state index in [9.17, 15) is 23.1 Å². The zero-order valence-electron chi connectivity index (χ0n) is 11.2. The smallest absolute Gasteiger partial charge is 0.387 e. The average Bonchev–Trinajstić information content (AvgIpc) is 2.83. The molecule has 1 amide bonds. The zero-order chi connectivity index (χ0) is 15.5. The van der Waals surface area contributed by atoms with Gasteiger partial charge in [-0.3, -0.25) is 4.79 Å². The van der Waals surface area contributed by atoms with Crippen molar-refractivity contribution in [1.82, 2.24) is 5.32 Å². The third-order valence-electron chi connectivity index (χ3n) is 3.37. The van der Waals surface area contributed by atoms with Crippen LogP contribution < -0.4 is 5.32 Å². The Morgan fingerprint density at radius 3 is 2.71 bits per heavy atom. The Labute approximate surface area is 124 Å². The lowest BCUT2D eigenvalue weighted by molar-refractivity contribution is -0.138. The number of hydrogen-bond acceptors (Lipinski definition) is 3. The third-order valence-corrected chi connectivity index (χ3v) is 4.61. The summed E-state index contributed by atoms with van der Waals surface area (Å²) in [6, 6.07) is 5.02. The first-order chi connectivity index (χ1) is 9.80. The number of halogens is 3. The van der Waals surface area contributed by atoms with E-state index in [1.165, 1.54) is 18.2 Å². The molecular formula is C14H16F3NO2S. The summed E-state index contributed by atoms with van der Waals surface area (Å²) in [5, 5.41) is 12.6. The molecule has 0 bridgehead atoms. The van der Waals surface area contributed by atoms with Crippen LogP contribution in [0.4, 0.5) is 13.2 Å². The fourth-order valence-corrected chi connectivity index (χ4v) is 3.48. The maximum absolute atomic E-state index is 12.8. The summed E-state index contributed by atoms with van der Waals surface area (Å²) in [6.07, 6.45) is -4.24. The topological polar surface area (TPSA) is 49.3 Å². The van der Waals surface area contributed by atoms with Crippen LogP contribution in [-0.4, -0.2) is 34.7 Å². The summed E-state index contributed by atoms with van der Waals surface area (Å²) in [5.41, 5.74) is -1.80. The van der Waals surface area contributed by atoms with Crippen molar-refractivity contribution in [3.8, 4) is 0 Å². The van der Waals surface area contributed by atoms with E-state index in [4.69, 9.17) is 0 Å². The number of carbonyl (C=O) groups is 1. The van der Waals surface area contributed by atoms with E-state index >= 15 is 0 Å². The molecule has 7 heteroatoms. The highest BCUT2D eigenvalue weighted by atomic mass is 32.2. The molecule has 0 aliphatic carbocycles. The van der Waals surface area contributed by atoms with Gasteiger partial charge in [0.1, 0.15) is 0 Å². The van der Waals surface area contributed by atoms with Crippen LogP contribution in [0.1, 0.15) is 17.5 Å². The normalized spacial score (nSPS) is 22.3. The first-order valence-corrected chi connectivity index (χ1v) is 7.68. The van der Waals surface area contributed by atoms with E-state index in [1.54, 1.807) is 11.8 Å². The predicted octanol–water partition coefficient (Wildman–Crippen LogP) is 2.23. The minimum Gasteiger partial charge on any atom is -0.387 e. The Bertz CT molecular complexity index is 513. The van der Waals surface area contributed by atoms with Gasteiger partial charge < -0.3 is 10.4 Å². The van der Waals surface area contributed by atoms with Gasteiger partial charge in [0, 0.05) is 12.3 Å². The minimum absolute atomic E-state index is 0.0599. The van der Waals surface area contributed by atoms with Gasteiger partial charge in [0.15, 0.2) is 0 Å². The highest BCUT2D eigenvalue weighted by Crippen LogP contribution is 2.32. The lowest BCUT2D eigenvalue weighted by atomic mass is 10.0. The van der Waals surface area contributed by atoms with Crippen molar-refractivity contribution in [1.29, 1.82) is 0 Å². The fourth-order valence-electron chi connectivity index (χ4n) is 2.19. The Morgan fingerprint density at radius 1 is 1.38 bits per heavy atom. The van der Waals surface area contributed by atoms with Crippen molar-refractivity contribution in [3.05, 3.63) is 35.4 Å². The van der Waals surface area contributed by atoms with Crippen LogP contribution in [0.2, 0.25) is 0 Å². The van der Waals surface area contributed by atoms with Gasteiger partial charge >= 0.3 is 6.18 Å². The monoisotopic (exact) mass is 319 g/mol. The molecule has 1 unspecified atom stereocenters. The van der Waals surface area contributed by atoms with Crippen LogP contribution >= 0.6 is 11.8 Å². The summed E-state index contributed by atoms with van der Waals surface area (Å²) in [6.45, 7) is 0.0764. The van der Waals surface area contributed by atoms with Crippen LogP contribution in [0.3, 0.4) is 0 Å². The molecule has 1 aromatic carbocycles. The molecule has 1 aromatic rings. The average molecular weight is 319 g/mol. The third kappa shape index (κ3) is 4.38. The lowest BCUT2D eigenvalue weighted by Gasteiger charge is -2.21. The van der Waals surface area contributed by atoms with E-state index in [2.05, 4.69) is 5.32 Å². The van der Waals surface area contributed by atoms with Crippen molar-refractivity contribution in [2.45, 2.75) is 24.6 Å². The largest absolute Gasteiger partial charge is 0.416 e. The second-order valence-corrected chi connectivity index (χ2v) is 6.24. The zero-order valence-corrected chi connectivity index (χ0v) is 12.1. The van der Waals surface area contributed by atoms with Crippen LogP contribution in [-0.2, 0) is 17.4 Å². The van der Waals surface area contributed by atoms with Crippen molar-refractivity contribution in [2.24, 2.45) is 0 Å². The van der Waals surface area contributed by atoms with Crippen molar-refractivity contribution >= 4 is 17.7 Å². The van der Waals surface area contributed by atoms with E-state index in [0.717, 1.165) is 11.8 Å². The molecule has 2 rings (SSSR count). The number of hydrogen-bond donors (Lipinski definition) is 2. The van der Waals surface area contributed by atoms with Gasteiger partial charge in [-0.25, -0.2) is 0 Å². The van der Waals surface area contributed by atoms with Crippen LogP contribution in [0, 0.1) is 0 Å². The second kappa shape index (κ2) is 6.27. The maximum Gasteiger partial charge on any atom is 0.416 e. The van der Waals surface area contributed by atoms with Crippen molar-refractivity contribution in [2.75, 3.05) is 18.1 Å². The number of thioether (sulfide) groups is 1. The molecule has 2 N–H and O–H groups in total. The highest BCUT2D eigenvalue weighted by molar-refractivity contribution is 7.99. The van der Waals surface area contributed by atoms with Crippen molar-refractivity contribution < 1.29 is 23.1 Å². The Kier molecular flexibility index (Phi) is 4.83. The SMILES string of the molecule is O=C(Cc1ccccc1C(F)(F)F)NCC1(O)CCSC1. The minimum atomic E-state index is -4.48. The van der Waals surface area contributed by atoms with Crippen LogP contribution in [0.5, 0.6) is 0 Å². The molecule has 1 atom stereocenters. The van der Waals surface area contributed by atoms with Gasteiger partial charge in [-0.1, -0.05) is 18.2 Å². The molecule has 0 radical (unpaired) electrons. The Balaban J connectivity index is 1.97. The molecule has 0 spiro atoms. The molecule has 3 nitrogen and oxygen atoms in total. The molecular weight excluding hydrogens is 303 g/mol. The standard InChI is InChI=1S/C14H16F3NO2S/c15-14(16,17)11-4-2-1-3-10(11)7-12(19)18-8-13(20)5-6-21-9-13/h1-4,20H,5-9H2,(H,18,19). The quantitative estimate of drug-likeness (QED) is 0.895. The van der Waals surface area contributed by atoms with E-state index in [0.29, 0.717) is 12.2 Å². The van der Waals surface area contributed by atoms with E-state index in [-0.39, 0.29) is 18.5 Å². The Morgan fingerprint density at radius 2 is 2.10 bits per heavy atom. The summed E-state index contributed by atoms with van der Waals surface area (Å²) < 4.78 is 38.5. The maximum atomic E-state index is 12.8. The first-order valence-electron chi connectivity index (χ1n) is 6.52. The number of rotatable bonds is 4. The van der Waals surface area contributed by atoms with E-state index in [1.807, 2.05) is 0 Å². The van der Waals surface area contributed by atoms with Crippen molar-refractivity contribution in [3.63, 3.8) is 0 Å². The van der Waals surface area contributed by atoms with Gasteiger partial charge in [-0.2, -0.15) is 24.9 Å². The second-order valence-electron chi connectivity index (χ2n) is 5.14. The number of nitrogens with one attached hydrogen (secondary N) is 1. The number of alkyl halides is 3. The van der Waals surface area contributed by atoms with E-state index < -0.39 is 23.2 Å². The predicted molar refractivity (Wildman–Crippen MR) is 75.0 cm³/mol. The molecule has 0 aromatic heterocycles. The highest BCUT2D eigenvalue weighted by Gasteiger charge is 2.34. The molecule has 1 heterocycles. The van der Waals surface area contributed by atoms with Crippen LogP contribution in [0.25, 0.3) is 0 Å². The molecule has 0 saturated carbocycles. The Hall–Kier alpha value is -1.21. The fraction of sp³-hybridized carbons (Fsp3) is 0.500. The lowest BCUT2D eigenvalue weighted by Crippen LogP contribution is -2.43. The number of benzene rings is 1. The summed E-state index contributed by atoms with van der Waals surface area (Å²) >= 11 is 1.59. The van der Waals surface area contributed by atoms with Gasteiger partial charge in [-0.05, 0) is 23.8 Å². The number of amides is 1. The molecule has 21 heavy (non-hydrogen) atoms. The molecule has 1 saturated heterocycles. The molecule has 1 aliphatic rings. The first kappa shape index (κ1) is 16.2. The number of carbonyl (C=O) groups excluding carboxylic acids is 1. The van der Waals surface area contributed by atoms with Gasteiger partial charge in [-0.15, -0.1) is 0 Å². The van der Waals surface area contributed by atoms with Gasteiger partial charge in [0.25, 0.3) is 0 Å². The van der Waals surface area contributed by atoms with Crippen LogP contribution in [0.15, 0.2) is 24.3 Å². The summed E-state index contributed by atoms with van der Waals surface area (Å²) in [7, 11) is 0. The molecule has 116 valence electrons. The summed E-state index contributed by atoms with van der Waals surface area (Å²) in [4.78, 5) is 11.8.